The summed E-state index contributed by atoms with van der Waals surface area (Å²) in [5, 5.41) is 16.8. The summed E-state index contributed by atoms with van der Waals surface area (Å²) in [5.41, 5.74) is 2.40. The monoisotopic (exact) mass is 452 g/mol. The van der Waals surface area contributed by atoms with E-state index in [0.717, 1.165) is 55.8 Å². The van der Waals surface area contributed by atoms with Crippen LogP contribution in [0.25, 0.3) is 11.3 Å². The molecule has 0 saturated carbocycles. The van der Waals surface area contributed by atoms with Crippen LogP contribution >= 0.6 is 11.3 Å². The first-order valence-electron chi connectivity index (χ1n) is 10.5. The molecular formula is C23H24N4O4S. The van der Waals surface area contributed by atoms with Crippen molar-refractivity contribution < 1.29 is 14.5 Å². The number of ether oxygens (including phenoxy) is 1. The lowest BCUT2D eigenvalue weighted by Crippen LogP contribution is -2.25. The lowest BCUT2D eigenvalue weighted by atomic mass is 10.1. The molecule has 0 unspecified atom stereocenters. The Bertz CT molecular complexity index is 1110. The van der Waals surface area contributed by atoms with Gasteiger partial charge in [0.2, 0.25) is 0 Å². The standard InChI is InChI=1S/C23H24N4O4S/c1-31-18-9-6-16(7-10-18)19-15-32-23(24-19)25-22(28)17-8-11-20(21(14-17)27(29)30)26-12-4-2-3-5-13-26/h6-11,14-15H,2-5,12-13H2,1H3,(H,24,25,28). The molecule has 166 valence electrons. The van der Waals surface area contributed by atoms with Crippen molar-refractivity contribution in [3.63, 3.8) is 0 Å². The van der Waals surface area contributed by atoms with Crippen LogP contribution in [0.1, 0.15) is 36.0 Å². The molecule has 2 aromatic carbocycles. The zero-order valence-electron chi connectivity index (χ0n) is 17.7. The number of nitro groups is 1. The van der Waals surface area contributed by atoms with Crippen LogP contribution in [0.4, 0.5) is 16.5 Å². The zero-order chi connectivity index (χ0) is 22.5. The summed E-state index contributed by atoms with van der Waals surface area (Å²) >= 11 is 1.30. The summed E-state index contributed by atoms with van der Waals surface area (Å²) in [4.78, 5) is 30.6. The molecule has 1 aromatic heterocycles. The SMILES string of the molecule is COc1ccc(-c2csc(NC(=O)c3ccc(N4CCCCCC4)c([N+](=O)[O-])c3)n2)cc1. The van der Waals surface area contributed by atoms with Crippen LogP contribution in [0.3, 0.4) is 0 Å². The fourth-order valence-electron chi connectivity index (χ4n) is 3.78. The highest BCUT2D eigenvalue weighted by molar-refractivity contribution is 7.14. The molecule has 1 aliphatic rings. The van der Waals surface area contributed by atoms with Crippen molar-refractivity contribution in [3.05, 3.63) is 63.5 Å². The molecule has 3 aromatic rings. The van der Waals surface area contributed by atoms with E-state index >= 15 is 0 Å². The van der Waals surface area contributed by atoms with E-state index < -0.39 is 10.8 Å². The van der Waals surface area contributed by atoms with E-state index in [-0.39, 0.29) is 11.3 Å². The summed E-state index contributed by atoms with van der Waals surface area (Å²) in [5.74, 6) is 0.328. The van der Waals surface area contributed by atoms with Gasteiger partial charge in [0.1, 0.15) is 11.4 Å². The Kier molecular flexibility index (Phi) is 6.65. The number of amides is 1. The number of methoxy groups -OCH3 is 1. The molecule has 9 heteroatoms. The second-order valence-corrected chi connectivity index (χ2v) is 8.44. The van der Waals surface area contributed by atoms with Gasteiger partial charge in [-0.05, 0) is 49.2 Å². The van der Waals surface area contributed by atoms with Gasteiger partial charge in [0.15, 0.2) is 5.13 Å². The predicted molar refractivity (Wildman–Crippen MR) is 126 cm³/mol. The first kappa shape index (κ1) is 21.8. The normalized spacial score (nSPS) is 14.0. The van der Waals surface area contributed by atoms with Gasteiger partial charge >= 0.3 is 0 Å². The third-order valence-electron chi connectivity index (χ3n) is 5.49. The van der Waals surface area contributed by atoms with Crippen molar-refractivity contribution in [2.75, 3.05) is 30.4 Å². The third kappa shape index (κ3) is 4.88. The molecule has 0 bridgehead atoms. The second kappa shape index (κ2) is 9.78. The Hall–Kier alpha value is -3.46. The van der Waals surface area contributed by atoms with Crippen LogP contribution in [0, 0.1) is 10.1 Å². The maximum atomic E-state index is 12.8. The van der Waals surface area contributed by atoms with Crippen LogP contribution in [-0.4, -0.2) is 36.0 Å². The van der Waals surface area contributed by atoms with E-state index in [1.54, 1.807) is 19.2 Å². The predicted octanol–water partition coefficient (Wildman–Crippen LogP) is 5.36. The molecule has 8 nitrogen and oxygen atoms in total. The van der Waals surface area contributed by atoms with Gasteiger partial charge in [0.25, 0.3) is 11.6 Å². The largest absolute Gasteiger partial charge is 0.497 e. The van der Waals surface area contributed by atoms with E-state index in [9.17, 15) is 14.9 Å². The number of carbonyl (C=O) groups excluding carboxylic acids is 1. The molecule has 0 aliphatic carbocycles. The van der Waals surface area contributed by atoms with E-state index in [1.807, 2.05) is 29.6 Å². The van der Waals surface area contributed by atoms with Gasteiger partial charge < -0.3 is 9.64 Å². The van der Waals surface area contributed by atoms with Crippen molar-refractivity contribution in [2.45, 2.75) is 25.7 Å². The van der Waals surface area contributed by atoms with Gasteiger partial charge in [-0.15, -0.1) is 11.3 Å². The lowest BCUT2D eigenvalue weighted by Gasteiger charge is -2.22. The third-order valence-corrected chi connectivity index (χ3v) is 6.25. The quantitative estimate of drug-likeness (QED) is 0.399. The molecule has 32 heavy (non-hydrogen) atoms. The minimum absolute atomic E-state index is 0.0439. The van der Waals surface area contributed by atoms with Gasteiger partial charge in [-0.3, -0.25) is 20.2 Å². The van der Waals surface area contributed by atoms with E-state index in [4.69, 9.17) is 4.74 Å². The minimum Gasteiger partial charge on any atom is -0.497 e. The number of rotatable bonds is 6. The first-order valence-corrected chi connectivity index (χ1v) is 11.4. The molecule has 0 spiro atoms. The highest BCUT2D eigenvalue weighted by Gasteiger charge is 2.23. The molecule has 1 aliphatic heterocycles. The Morgan fingerprint density at radius 3 is 2.50 bits per heavy atom. The molecular weight excluding hydrogens is 428 g/mol. The minimum atomic E-state index is -0.425. The van der Waals surface area contributed by atoms with Crippen LogP contribution < -0.4 is 15.0 Å². The molecule has 0 radical (unpaired) electrons. The highest BCUT2D eigenvalue weighted by Crippen LogP contribution is 2.32. The van der Waals surface area contributed by atoms with E-state index in [0.29, 0.717) is 10.8 Å². The molecule has 1 fully saturated rings. The van der Waals surface area contributed by atoms with Crippen LogP contribution in [0.2, 0.25) is 0 Å². The van der Waals surface area contributed by atoms with Crippen molar-refractivity contribution in [2.24, 2.45) is 0 Å². The smallest absolute Gasteiger partial charge is 0.293 e. The molecule has 1 saturated heterocycles. The maximum absolute atomic E-state index is 12.8. The number of nitrogens with one attached hydrogen (secondary N) is 1. The van der Waals surface area contributed by atoms with Crippen LogP contribution in [-0.2, 0) is 0 Å². The summed E-state index contributed by atoms with van der Waals surface area (Å²) in [6, 6.07) is 12.2. The van der Waals surface area contributed by atoms with Gasteiger partial charge in [0, 0.05) is 35.7 Å². The van der Waals surface area contributed by atoms with E-state index in [1.165, 1.54) is 17.4 Å². The van der Waals surface area contributed by atoms with Gasteiger partial charge in [-0.2, -0.15) is 0 Å². The number of thiazole rings is 1. The number of carbonyl (C=O) groups is 1. The summed E-state index contributed by atoms with van der Waals surface area (Å²) in [6.07, 6.45) is 4.30. The molecule has 1 amide bonds. The van der Waals surface area contributed by atoms with Gasteiger partial charge in [0.05, 0.1) is 17.7 Å². The first-order chi connectivity index (χ1) is 15.5. The number of nitrogens with zero attached hydrogens (tertiary/aromatic N) is 3. The van der Waals surface area contributed by atoms with E-state index in [2.05, 4.69) is 15.2 Å². The topological polar surface area (TPSA) is 97.6 Å². The Balaban J connectivity index is 1.51. The molecule has 2 heterocycles. The highest BCUT2D eigenvalue weighted by atomic mass is 32.1. The average molecular weight is 453 g/mol. The Labute approximate surface area is 190 Å². The average Bonchev–Trinajstić information content (AvgIpc) is 3.10. The number of anilines is 2. The summed E-state index contributed by atoms with van der Waals surface area (Å²) < 4.78 is 5.17. The van der Waals surface area contributed by atoms with Crippen molar-refractivity contribution in [3.8, 4) is 17.0 Å². The maximum Gasteiger partial charge on any atom is 0.293 e. The van der Waals surface area contributed by atoms with Crippen molar-refractivity contribution in [1.82, 2.24) is 4.98 Å². The van der Waals surface area contributed by atoms with Crippen LogP contribution in [0.5, 0.6) is 5.75 Å². The number of benzene rings is 2. The molecule has 1 N–H and O–H groups in total. The number of hydrogen-bond donors (Lipinski definition) is 1. The number of aromatic nitrogens is 1. The summed E-state index contributed by atoms with van der Waals surface area (Å²) in [7, 11) is 1.61. The van der Waals surface area contributed by atoms with Crippen molar-refractivity contribution in [1.29, 1.82) is 0 Å². The van der Waals surface area contributed by atoms with Crippen molar-refractivity contribution >= 4 is 33.8 Å². The fraction of sp³-hybridized carbons (Fsp3) is 0.304. The molecule has 4 rings (SSSR count). The number of nitro benzene ring substituents is 1. The zero-order valence-corrected chi connectivity index (χ0v) is 18.6. The summed E-state index contributed by atoms with van der Waals surface area (Å²) in [6.45, 7) is 1.58. The van der Waals surface area contributed by atoms with Gasteiger partial charge in [-0.25, -0.2) is 4.98 Å². The molecule has 0 atom stereocenters. The fourth-order valence-corrected chi connectivity index (χ4v) is 4.50. The Morgan fingerprint density at radius 1 is 1.12 bits per heavy atom. The Morgan fingerprint density at radius 2 is 1.84 bits per heavy atom. The lowest BCUT2D eigenvalue weighted by molar-refractivity contribution is -0.384. The van der Waals surface area contributed by atoms with Crippen LogP contribution in [0.15, 0.2) is 47.8 Å². The van der Waals surface area contributed by atoms with Gasteiger partial charge in [-0.1, -0.05) is 12.8 Å². The number of hydrogen-bond acceptors (Lipinski definition) is 7. The second-order valence-electron chi connectivity index (χ2n) is 7.58.